The Kier molecular flexibility index (Phi) is 5.86. The monoisotopic (exact) mass is 653 g/mol. The van der Waals surface area contributed by atoms with Crippen LogP contribution in [0.5, 0.6) is 0 Å². The van der Waals surface area contributed by atoms with Crippen molar-refractivity contribution in [3.63, 3.8) is 0 Å². The minimum atomic E-state index is 0.559. The van der Waals surface area contributed by atoms with Crippen LogP contribution in [0.2, 0.25) is 0 Å². The summed E-state index contributed by atoms with van der Waals surface area (Å²) in [5.74, 6) is 1.74. The minimum absolute atomic E-state index is 0.559. The number of aromatic nitrogens is 5. The van der Waals surface area contributed by atoms with E-state index in [-0.39, 0.29) is 0 Å². The van der Waals surface area contributed by atoms with Crippen molar-refractivity contribution in [1.82, 2.24) is 24.1 Å². The molecule has 0 aliphatic rings. The lowest BCUT2D eigenvalue weighted by Crippen LogP contribution is -2.06. The molecule has 0 aliphatic heterocycles. The van der Waals surface area contributed by atoms with E-state index in [1.807, 2.05) is 48.5 Å². The van der Waals surface area contributed by atoms with E-state index < -0.39 is 0 Å². The Morgan fingerprint density at radius 2 is 0.863 bits per heavy atom. The quantitative estimate of drug-likeness (QED) is 0.190. The van der Waals surface area contributed by atoms with Gasteiger partial charge in [-0.05, 0) is 42.5 Å². The Morgan fingerprint density at radius 3 is 1.47 bits per heavy atom. The maximum Gasteiger partial charge on any atom is 0.238 e. The highest BCUT2D eigenvalue weighted by molar-refractivity contribution is 6.18. The molecule has 11 aromatic rings. The zero-order valence-corrected chi connectivity index (χ0v) is 27.2. The first-order valence-corrected chi connectivity index (χ1v) is 17.0. The van der Waals surface area contributed by atoms with Crippen molar-refractivity contribution in [2.45, 2.75) is 0 Å². The first-order valence-electron chi connectivity index (χ1n) is 17.0. The zero-order chi connectivity index (χ0) is 33.5. The van der Waals surface area contributed by atoms with E-state index in [0.717, 1.165) is 71.6 Å². The number of nitrogens with zero attached hydrogens (tertiary/aromatic N) is 5. The molecule has 0 saturated carbocycles. The molecule has 238 valence electrons. The topological polar surface area (TPSA) is 61.7 Å². The highest BCUT2D eigenvalue weighted by atomic mass is 16.3. The summed E-state index contributed by atoms with van der Waals surface area (Å²) in [4.78, 5) is 15.6. The summed E-state index contributed by atoms with van der Waals surface area (Å²) in [6.07, 6.45) is 0. The standard InChI is InChI=1S/C45H27N5O/c1-2-14-28(15-3-1)43-46-44(48-45(47-43)50-36-23-10-6-18-31(36)32-19-7-11-24-37(32)50)33-20-12-26-39-41(33)42-38(25-13-27-40(42)51-39)49-34-21-8-4-16-29(34)30-17-5-9-22-35(30)49/h1-27H. The van der Waals surface area contributed by atoms with Crippen molar-refractivity contribution >= 4 is 65.6 Å². The van der Waals surface area contributed by atoms with Gasteiger partial charge in [0.2, 0.25) is 5.95 Å². The van der Waals surface area contributed by atoms with Crippen LogP contribution in [-0.4, -0.2) is 24.1 Å². The lowest BCUT2D eigenvalue weighted by molar-refractivity contribution is 0.669. The van der Waals surface area contributed by atoms with Gasteiger partial charge in [-0.3, -0.25) is 4.57 Å². The second-order valence-electron chi connectivity index (χ2n) is 12.8. The number of rotatable bonds is 4. The van der Waals surface area contributed by atoms with Gasteiger partial charge in [-0.1, -0.05) is 121 Å². The Morgan fingerprint density at radius 1 is 0.373 bits per heavy atom. The SMILES string of the molecule is c1ccc(-c2nc(-c3cccc4oc5cccc(-n6c7ccccc7c7ccccc76)c5c34)nc(-n3c4ccccc4c4ccccc43)n2)cc1. The van der Waals surface area contributed by atoms with Crippen molar-refractivity contribution < 1.29 is 4.42 Å². The fourth-order valence-corrected chi connectivity index (χ4v) is 7.84. The Labute approximate surface area is 291 Å². The Bertz CT molecular complexity index is 3040. The molecule has 0 unspecified atom stereocenters. The highest BCUT2D eigenvalue weighted by Gasteiger charge is 2.23. The minimum Gasteiger partial charge on any atom is -0.456 e. The lowest BCUT2D eigenvalue weighted by Gasteiger charge is -2.12. The predicted molar refractivity (Wildman–Crippen MR) is 207 cm³/mol. The lowest BCUT2D eigenvalue weighted by atomic mass is 10.0. The van der Waals surface area contributed by atoms with Gasteiger partial charge >= 0.3 is 0 Å². The molecule has 0 bridgehead atoms. The number of furan rings is 1. The first kappa shape index (κ1) is 27.9. The Balaban J connectivity index is 1.24. The number of para-hydroxylation sites is 4. The van der Waals surface area contributed by atoms with Gasteiger partial charge in [-0.2, -0.15) is 9.97 Å². The van der Waals surface area contributed by atoms with Gasteiger partial charge in [0.05, 0.1) is 33.1 Å². The van der Waals surface area contributed by atoms with Crippen LogP contribution in [-0.2, 0) is 0 Å². The average Bonchev–Trinajstić information content (AvgIpc) is 3.86. The number of benzene rings is 7. The number of hydrogen-bond acceptors (Lipinski definition) is 4. The Hall–Kier alpha value is -7.05. The van der Waals surface area contributed by atoms with Gasteiger partial charge in [-0.15, -0.1) is 0 Å². The van der Waals surface area contributed by atoms with Gasteiger partial charge in [0.15, 0.2) is 11.6 Å². The van der Waals surface area contributed by atoms with Crippen LogP contribution >= 0.6 is 0 Å². The van der Waals surface area contributed by atoms with Crippen LogP contribution in [0, 0.1) is 0 Å². The smallest absolute Gasteiger partial charge is 0.238 e. The van der Waals surface area contributed by atoms with E-state index >= 15 is 0 Å². The van der Waals surface area contributed by atoms with Crippen molar-refractivity contribution in [3.05, 3.63) is 164 Å². The van der Waals surface area contributed by atoms with Gasteiger partial charge in [0, 0.05) is 38.1 Å². The molecular weight excluding hydrogens is 627 g/mol. The molecule has 0 saturated heterocycles. The van der Waals surface area contributed by atoms with Crippen LogP contribution in [0.1, 0.15) is 0 Å². The molecule has 0 radical (unpaired) electrons. The molecule has 0 fully saturated rings. The van der Waals surface area contributed by atoms with Gasteiger partial charge in [-0.25, -0.2) is 4.98 Å². The normalized spacial score (nSPS) is 11.9. The summed E-state index contributed by atoms with van der Waals surface area (Å²) in [6.45, 7) is 0. The second-order valence-corrected chi connectivity index (χ2v) is 12.8. The van der Waals surface area contributed by atoms with Gasteiger partial charge < -0.3 is 8.98 Å². The van der Waals surface area contributed by atoms with Crippen LogP contribution < -0.4 is 0 Å². The molecule has 0 atom stereocenters. The second kappa shape index (κ2) is 10.7. The van der Waals surface area contributed by atoms with Crippen LogP contribution in [0.25, 0.3) is 100.0 Å². The fourth-order valence-electron chi connectivity index (χ4n) is 7.84. The molecule has 51 heavy (non-hydrogen) atoms. The molecular formula is C45H27N5O. The number of hydrogen-bond donors (Lipinski definition) is 0. The highest BCUT2D eigenvalue weighted by Crippen LogP contribution is 2.42. The molecule has 4 aromatic heterocycles. The number of fused-ring (bicyclic) bond motifs is 9. The van der Waals surface area contributed by atoms with E-state index in [0.29, 0.717) is 17.6 Å². The molecule has 4 heterocycles. The molecule has 0 aliphatic carbocycles. The van der Waals surface area contributed by atoms with E-state index in [9.17, 15) is 0 Å². The van der Waals surface area contributed by atoms with Crippen LogP contribution in [0.3, 0.4) is 0 Å². The first-order chi connectivity index (χ1) is 25.3. The molecule has 6 heteroatoms. The van der Waals surface area contributed by atoms with Crippen molar-refractivity contribution in [2.24, 2.45) is 0 Å². The molecule has 11 rings (SSSR count). The fraction of sp³-hybridized carbons (Fsp3) is 0. The molecule has 6 nitrogen and oxygen atoms in total. The largest absolute Gasteiger partial charge is 0.456 e. The summed E-state index contributed by atoms with van der Waals surface area (Å²) < 4.78 is 11.1. The zero-order valence-electron chi connectivity index (χ0n) is 27.2. The summed E-state index contributed by atoms with van der Waals surface area (Å²) in [5.41, 5.74) is 8.76. The summed E-state index contributed by atoms with van der Waals surface area (Å²) in [6, 6.07) is 56.6. The molecule has 0 spiro atoms. The maximum atomic E-state index is 6.62. The van der Waals surface area contributed by atoms with Gasteiger partial charge in [0.25, 0.3) is 0 Å². The van der Waals surface area contributed by atoms with Crippen molar-refractivity contribution in [1.29, 1.82) is 0 Å². The molecule has 7 aromatic carbocycles. The van der Waals surface area contributed by atoms with Crippen LogP contribution in [0.15, 0.2) is 168 Å². The van der Waals surface area contributed by atoms with Crippen molar-refractivity contribution in [2.75, 3.05) is 0 Å². The van der Waals surface area contributed by atoms with E-state index in [4.69, 9.17) is 19.4 Å². The van der Waals surface area contributed by atoms with E-state index in [2.05, 4.69) is 124 Å². The summed E-state index contributed by atoms with van der Waals surface area (Å²) >= 11 is 0. The molecule has 0 N–H and O–H groups in total. The van der Waals surface area contributed by atoms with E-state index in [1.54, 1.807) is 0 Å². The third-order valence-corrected chi connectivity index (χ3v) is 10.00. The van der Waals surface area contributed by atoms with E-state index in [1.165, 1.54) is 10.8 Å². The molecule has 0 amide bonds. The summed E-state index contributed by atoms with van der Waals surface area (Å²) in [5, 5.41) is 6.68. The third-order valence-electron chi connectivity index (χ3n) is 10.00. The van der Waals surface area contributed by atoms with Gasteiger partial charge in [0.1, 0.15) is 11.2 Å². The maximum absolute atomic E-state index is 6.62. The average molecular weight is 654 g/mol. The third kappa shape index (κ3) is 4.07. The van der Waals surface area contributed by atoms with Crippen LogP contribution in [0.4, 0.5) is 0 Å². The summed E-state index contributed by atoms with van der Waals surface area (Å²) in [7, 11) is 0. The van der Waals surface area contributed by atoms with Crippen molar-refractivity contribution in [3.8, 4) is 34.4 Å². The predicted octanol–water partition coefficient (Wildman–Crippen LogP) is 11.3.